The molecule has 2 aromatic carbocycles. The predicted octanol–water partition coefficient (Wildman–Crippen LogP) is 6.06. The highest BCUT2D eigenvalue weighted by Crippen LogP contribution is 2.46. The van der Waals surface area contributed by atoms with Crippen molar-refractivity contribution >= 4 is 16.9 Å². The highest BCUT2D eigenvalue weighted by molar-refractivity contribution is 5.90. The van der Waals surface area contributed by atoms with Gasteiger partial charge in [-0.05, 0) is 49.4 Å². The van der Waals surface area contributed by atoms with Crippen LogP contribution in [0.15, 0.2) is 42.5 Å². The normalized spacial score (nSPS) is 16.3. The average molecular weight is 464 g/mol. The van der Waals surface area contributed by atoms with Crippen molar-refractivity contribution in [3.05, 3.63) is 42.5 Å². The lowest BCUT2D eigenvalue weighted by Gasteiger charge is -2.43. The van der Waals surface area contributed by atoms with E-state index in [0.717, 1.165) is 67.4 Å². The number of benzene rings is 2. The number of fused-ring (bicyclic) bond motifs is 1. The van der Waals surface area contributed by atoms with Gasteiger partial charge in [0.25, 0.3) is 0 Å². The van der Waals surface area contributed by atoms with Gasteiger partial charge in [0.1, 0.15) is 22.9 Å². The van der Waals surface area contributed by atoms with E-state index in [9.17, 15) is 4.79 Å². The van der Waals surface area contributed by atoms with E-state index in [1.165, 1.54) is 6.42 Å². The van der Waals surface area contributed by atoms with Gasteiger partial charge >= 0.3 is 0 Å². The number of unbranched alkanes of at least 4 members (excludes halogenated alkanes) is 2. The molecule has 0 spiro atoms. The van der Waals surface area contributed by atoms with E-state index in [1.54, 1.807) is 14.2 Å². The number of hydrogen-bond acceptors (Lipinski definition) is 4. The van der Waals surface area contributed by atoms with Gasteiger partial charge in [-0.2, -0.15) is 0 Å². The van der Waals surface area contributed by atoms with Crippen LogP contribution in [0.25, 0.3) is 22.4 Å². The first kappa shape index (κ1) is 24.1. The molecule has 0 radical (unpaired) electrons. The molecule has 1 aliphatic carbocycles. The molecule has 0 bridgehead atoms. The Morgan fingerprint density at radius 1 is 1.09 bits per heavy atom. The van der Waals surface area contributed by atoms with Gasteiger partial charge in [0.2, 0.25) is 5.91 Å². The van der Waals surface area contributed by atoms with Gasteiger partial charge in [0, 0.05) is 6.07 Å². The van der Waals surface area contributed by atoms with Gasteiger partial charge in [-0.25, -0.2) is 4.98 Å². The fourth-order valence-electron chi connectivity index (χ4n) is 5.75. The summed E-state index contributed by atoms with van der Waals surface area (Å²) in [5.74, 6) is 2.01. The molecule has 2 N–H and O–H groups in total. The lowest BCUT2D eigenvalue weighted by molar-refractivity contribution is -0.130. The number of nitrogens with two attached hydrogens (primary N) is 1. The summed E-state index contributed by atoms with van der Waals surface area (Å²) in [7, 11) is 3.29. The zero-order chi connectivity index (χ0) is 24.1. The Bertz CT molecular complexity index is 1130. The molecule has 1 heterocycles. The van der Waals surface area contributed by atoms with Crippen LogP contribution in [0.4, 0.5) is 0 Å². The first-order valence-corrected chi connectivity index (χ1v) is 12.6. The van der Waals surface area contributed by atoms with E-state index >= 15 is 0 Å². The van der Waals surface area contributed by atoms with Crippen LogP contribution in [0.3, 0.4) is 0 Å². The summed E-state index contributed by atoms with van der Waals surface area (Å²) in [5.41, 5.74) is 8.18. The number of amides is 1. The molecule has 182 valence electrons. The Balaban J connectivity index is 2.02. The van der Waals surface area contributed by atoms with E-state index in [1.807, 2.05) is 36.4 Å². The average Bonchev–Trinajstić information content (AvgIpc) is 3.26. The number of para-hydroxylation sites is 2. The topological polar surface area (TPSA) is 79.4 Å². The van der Waals surface area contributed by atoms with Crippen molar-refractivity contribution in [3.63, 3.8) is 0 Å². The number of methoxy groups -OCH3 is 2. The van der Waals surface area contributed by atoms with Crippen LogP contribution in [-0.4, -0.2) is 29.7 Å². The summed E-state index contributed by atoms with van der Waals surface area (Å²) >= 11 is 0. The fraction of sp³-hybridized carbons (Fsp3) is 0.500. The van der Waals surface area contributed by atoms with Crippen molar-refractivity contribution in [1.29, 1.82) is 0 Å². The molecule has 1 aliphatic rings. The third-order valence-corrected chi connectivity index (χ3v) is 7.48. The predicted molar refractivity (Wildman–Crippen MR) is 136 cm³/mol. The lowest BCUT2D eigenvalue weighted by Crippen LogP contribution is -2.52. The molecule has 1 unspecified atom stereocenters. The van der Waals surface area contributed by atoms with Crippen LogP contribution in [0, 0.1) is 5.92 Å². The maximum absolute atomic E-state index is 13.6. The van der Waals surface area contributed by atoms with Crippen LogP contribution in [0.2, 0.25) is 0 Å². The summed E-state index contributed by atoms with van der Waals surface area (Å²) < 4.78 is 13.3. The summed E-state index contributed by atoms with van der Waals surface area (Å²) in [6, 6.07) is 13.8. The van der Waals surface area contributed by atoms with E-state index in [2.05, 4.69) is 17.6 Å². The van der Waals surface area contributed by atoms with E-state index in [-0.39, 0.29) is 11.8 Å². The molecular weight excluding hydrogens is 426 g/mol. The van der Waals surface area contributed by atoms with Crippen molar-refractivity contribution in [2.24, 2.45) is 11.7 Å². The minimum Gasteiger partial charge on any atom is -0.497 e. The maximum atomic E-state index is 13.6. The fourth-order valence-corrected chi connectivity index (χ4v) is 5.75. The summed E-state index contributed by atoms with van der Waals surface area (Å²) in [6.07, 6.45) is 9.28. The Hall–Kier alpha value is -3.02. The van der Waals surface area contributed by atoms with Gasteiger partial charge in [-0.3, -0.25) is 4.79 Å². The van der Waals surface area contributed by atoms with Crippen molar-refractivity contribution in [1.82, 2.24) is 9.55 Å². The number of hydrogen-bond donors (Lipinski definition) is 1. The number of nitrogens with zero attached hydrogens (tertiary/aromatic N) is 2. The Kier molecular flexibility index (Phi) is 7.44. The van der Waals surface area contributed by atoms with Crippen LogP contribution < -0.4 is 15.2 Å². The van der Waals surface area contributed by atoms with Crippen molar-refractivity contribution in [3.8, 4) is 22.9 Å². The molecule has 1 fully saturated rings. The number of rotatable bonds is 10. The molecule has 6 nitrogen and oxygen atoms in total. The second kappa shape index (κ2) is 10.5. The first-order valence-electron chi connectivity index (χ1n) is 12.6. The number of primary amides is 1. The van der Waals surface area contributed by atoms with Gasteiger partial charge in [-0.1, -0.05) is 57.6 Å². The second-order valence-corrected chi connectivity index (χ2v) is 9.41. The number of ether oxygens (including phenoxy) is 2. The molecule has 4 rings (SSSR count). The molecular formula is C28H37N3O3. The summed E-state index contributed by atoms with van der Waals surface area (Å²) in [5, 5.41) is 0. The monoisotopic (exact) mass is 463 g/mol. The van der Waals surface area contributed by atoms with E-state index in [4.69, 9.17) is 20.2 Å². The van der Waals surface area contributed by atoms with Gasteiger partial charge < -0.3 is 19.8 Å². The zero-order valence-corrected chi connectivity index (χ0v) is 20.7. The molecule has 3 aromatic rings. The summed E-state index contributed by atoms with van der Waals surface area (Å²) in [4.78, 5) is 18.7. The molecule has 1 amide bonds. The van der Waals surface area contributed by atoms with E-state index < -0.39 is 5.54 Å². The Labute approximate surface area is 202 Å². The van der Waals surface area contributed by atoms with Crippen molar-refractivity contribution < 1.29 is 14.3 Å². The van der Waals surface area contributed by atoms with Gasteiger partial charge in [-0.15, -0.1) is 0 Å². The molecule has 0 aliphatic heterocycles. The Morgan fingerprint density at radius 2 is 1.85 bits per heavy atom. The number of aromatic nitrogens is 2. The third-order valence-electron chi connectivity index (χ3n) is 7.48. The minimum atomic E-state index is -0.841. The number of carbonyl (C=O) groups is 1. The third kappa shape index (κ3) is 4.26. The highest BCUT2D eigenvalue weighted by Gasteiger charge is 2.48. The first-order chi connectivity index (χ1) is 16.6. The lowest BCUT2D eigenvalue weighted by atomic mass is 9.71. The maximum Gasteiger partial charge on any atom is 0.244 e. The van der Waals surface area contributed by atoms with Crippen molar-refractivity contribution in [2.45, 2.75) is 70.3 Å². The number of imidazole rings is 1. The molecule has 0 saturated heterocycles. The second-order valence-electron chi connectivity index (χ2n) is 9.41. The standard InChI is InChI=1S/C28H37N3O3/c1-4-5-11-18-28(27(29)32,20-12-7-6-8-13-20)31-24-15-10-9-14-23(24)30-26(31)22-17-16-21(33-2)19-25(22)34-3/h9-10,14-17,19-20H,4-8,11-13,18H2,1-3H3,(H2,29,32). The zero-order valence-electron chi connectivity index (χ0n) is 20.7. The molecule has 1 aromatic heterocycles. The van der Waals surface area contributed by atoms with E-state index in [0.29, 0.717) is 17.9 Å². The quantitative estimate of drug-likeness (QED) is 0.371. The molecule has 1 atom stereocenters. The van der Waals surface area contributed by atoms with Gasteiger partial charge in [0.15, 0.2) is 0 Å². The van der Waals surface area contributed by atoms with Crippen LogP contribution in [0.5, 0.6) is 11.5 Å². The minimum absolute atomic E-state index is 0.177. The molecule has 6 heteroatoms. The molecule has 1 saturated carbocycles. The highest BCUT2D eigenvalue weighted by atomic mass is 16.5. The smallest absolute Gasteiger partial charge is 0.244 e. The van der Waals surface area contributed by atoms with Crippen LogP contribution in [-0.2, 0) is 10.3 Å². The number of carbonyl (C=O) groups excluding carboxylic acids is 1. The van der Waals surface area contributed by atoms with Crippen LogP contribution >= 0.6 is 0 Å². The largest absolute Gasteiger partial charge is 0.497 e. The summed E-state index contributed by atoms with van der Waals surface area (Å²) in [6.45, 7) is 2.19. The SMILES string of the molecule is CCCCCC(C(N)=O)(C1CCCCC1)n1c(-c2ccc(OC)cc2OC)nc2ccccc21. The van der Waals surface area contributed by atoms with Gasteiger partial charge in [0.05, 0.1) is 30.8 Å². The van der Waals surface area contributed by atoms with Crippen LogP contribution in [0.1, 0.15) is 64.7 Å². The van der Waals surface area contributed by atoms with Crippen molar-refractivity contribution in [2.75, 3.05) is 14.2 Å². The molecule has 34 heavy (non-hydrogen) atoms. The Morgan fingerprint density at radius 3 is 2.53 bits per heavy atom.